The van der Waals surface area contributed by atoms with E-state index in [1.54, 1.807) is 27.6 Å². The molecule has 0 amide bonds. The minimum Gasteiger partial charge on any atom is -0.497 e. The first-order valence-corrected chi connectivity index (χ1v) is 10.6. The second-order valence-corrected chi connectivity index (χ2v) is 7.14. The van der Waals surface area contributed by atoms with Gasteiger partial charge in [-0.05, 0) is 53.9 Å². The van der Waals surface area contributed by atoms with Gasteiger partial charge in [0.05, 0.1) is 34.1 Å². The third-order valence-corrected chi connectivity index (χ3v) is 4.98. The van der Waals surface area contributed by atoms with Crippen molar-refractivity contribution in [2.75, 3.05) is 34.4 Å². The summed E-state index contributed by atoms with van der Waals surface area (Å²) in [5, 5.41) is 6.81. The molecule has 0 fully saturated rings. The Morgan fingerprint density at radius 1 is 0.818 bits per heavy atom. The Morgan fingerprint density at radius 3 is 2.15 bits per heavy atom. The van der Waals surface area contributed by atoms with E-state index in [1.807, 2.05) is 54.6 Å². The van der Waals surface area contributed by atoms with E-state index < -0.39 is 0 Å². The third kappa shape index (κ3) is 8.53. The van der Waals surface area contributed by atoms with Crippen LogP contribution in [0.15, 0.2) is 70.3 Å². The number of nitrogens with zero attached hydrogens (tertiary/aromatic N) is 1. The lowest BCUT2D eigenvalue weighted by molar-refractivity contribution is 0.354. The molecular formula is C25H32IN3O4. The lowest BCUT2D eigenvalue weighted by Crippen LogP contribution is -2.39. The monoisotopic (exact) mass is 565 g/mol. The van der Waals surface area contributed by atoms with Crippen LogP contribution in [-0.4, -0.2) is 40.4 Å². The molecule has 0 atom stereocenters. The van der Waals surface area contributed by atoms with Gasteiger partial charge in [-0.15, -0.1) is 24.0 Å². The summed E-state index contributed by atoms with van der Waals surface area (Å²) in [6.07, 6.45) is 3.29. The third-order valence-electron chi connectivity index (χ3n) is 4.98. The van der Waals surface area contributed by atoms with Crippen LogP contribution in [0.3, 0.4) is 0 Å². The second-order valence-electron chi connectivity index (χ2n) is 7.14. The summed E-state index contributed by atoms with van der Waals surface area (Å²) in [4.78, 5) is 4.74. The van der Waals surface area contributed by atoms with Gasteiger partial charge in [-0.2, -0.15) is 0 Å². The summed E-state index contributed by atoms with van der Waals surface area (Å²) in [6, 6.07) is 17.8. The summed E-state index contributed by atoms with van der Waals surface area (Å²) >= 11 is 0. The quantitative estimate of drug-likeness (QED) is 0.204. The van der Waals surface area contributed by atoms with Crippen molar-refractivity contribution in [3.8, 4) is 17.2 Å². The molecule has 8 heteroatoms. The van der Waals surface area contributed by atoms with E-state index in [-0.39, 0.29) is 24.0 Å². The highest BCUT2D eigenvalue weighted by Crippen LogP contribution is 2.27. The number of benzene rings is 2. The molecule has 1 aromatic heterocycles. The molecule has 1 heterocycles. The largest absolute Gasteiger partial charge is 0.497 e. The molecule has 0 saturated carbocycles. The van der Waals surface area contributed by atoms with Crippen LogP contribution in [0.1, 0.15) is 16.9 Å². The van der Waals surface area contributed by atoms with Gasteiger partial charge in [-0.25, -0.2) is 4.99 Å². The molecule has 0 saturated heterocycles. The number of methoxy groups -OCH3 is 3. The van der Waals surface area contributed by atoms with Crippen LogP contribution >= 0.6 is 24.0 Å². The predicted molar refractivity (Wildman–Crippen MR) is 141 cm³/mol. The molecule has 0 aliphatic heterocycles. The van der Waals surface area contributed by atoms with Gasteiger partial charge in [0.2, 0.25) is 0 Å². The zero-order valence-corrected chi connectivity index (χ0v) is 21.6. The summed E-state index contributed by atoms with van der Waals surface area (Å²) in [6.45, 7) is 2.01. The van der Waals surface area contributed by atoms with E-state index in [2.05, 4.69) is 10.6 Å². The van der Waals surface area contributed by atoms with Gasteiger partial charge in [-0.3, -0.25) is 0 Å². The lowest BCUT2D eigenvalue weighted by Gasteiger charge is -2.13. The molecule has 0 unspecified atom stereocenters. The van der Waals surface area contributed by atoms with E-state index in [0.29, 0.717) is 6.54 Å². The van der Waals surface area contributed by atoms with Gasteiger partial charge in [0.1, 0.15) is 11.5 Å². The van der Waals surface area contributed by atoms with Crippen molar-refractivity contribution in [2.24, 2.45) is 4.99 Å². The summed E-state index contributed by atoms with van der Waals surface area (Å²) in [7, 11) is 4.95. The normalized spacial score (nSPS) is 10.8. The van der Waals surface area contributed by atoms with Crippen molar-refractivity contribution < 1.29 is 18.6 Å². The van der Waals surface area contributed by atoms with Gasteiger partial charge >= 0.3 is 0 Å². The zero-order chi connectivity index (χ0) is 22.6. The number of furan rings is 1. The Bertz CT molecular complexity index is 976. The van der Waals surface area contributed by atoms with Crippen LogP contribution in [0.4, 0.5) is 0 Å². The van der Waals surface area contributed by atoms with E-state index in [1.165, 1.54) is 0 Å². The highest BCUT2D eigenvalue weighted by Gasteiger charge is 2.06. The lowest BCUT2D eigenvalue weighted by atomic mass is 10.1. The Hall–Kier alpha value is -2.88. The van der Waals surface area contributed by atoms with Crippen molar-refractivity contribution in [3.63, 3.8) is 0 Å². The van der Waals surface area contributed by atoms with Crippen molar-refractivity contribution in [1.82, 2.24) is 10.6 Å². The second kappa shape index (κ2) is 14.3. The van der Waals surface area contributed by atoms with Crippen molar-refractivity contribution in [2.45, 2.75) is 19.4 Å². The Balaban J connectivity index is 0.00000385. The number of rotatable bonds is 11. The first-order valence-electron chi connectivity index (χ1n) is 10.6. The maximum absolute atomic E-state index is 5.41. The molecule has 178 valence electrons. The summed E-state index contributed by atoms with van der Waals surface area (Å²) in [5.74, 6) is 3.99. The number of aliphatic imine (C=N–C) groups is 1. The van der Waals surface area contributed by atoms with Gasteiger partial charge in [0.15, 0.2) is 17.5 Å². The van der Waals surface area contributed by atoms with Gasteiger partial charge in [-0.1, -0.05) is 18.2 Å². The van der Waals surface area contributed by atoms with E-state index in [9.17, 15) is 0 Å². The predicted octanol–water partition coefficient (Wildman–Crippen LogP) is 4.44. The summed E-state index contributed by atoms with van der Waals surface area (Å²) < 4.78 is 21.3. The average molecular weight is 565 g/mol. The number of hydrogen-bond acceptors (Lipinski definition) is 5. The zero-order valence-electron chi connectivity index (χ0n) is 19.3. The van der Waals surface area contributed by atoms with Crippen LogP contribution in [0, 0.1) is 0 Å². The Kier molecular flexibility index (Phi) is 11.4. The molecule has 0 radical (unpaired) electrons. The average Bonchev–Trinajstić information content (AvgIpc) is 3.36. The number of hydrogen-bond donors (Lipinski definition) is 2. The van der Waals surface area contributed by atoms with Crippen LogP contribution in [0.2, 0.25) is 0 Å². The van der Waals surface area contributed by atoms with E-state index in [0.717, 1.165) is 66.0 Å². The molecule has 0 spiro atoms. The summed E-state index contributed by atoms with van der Waals surface area (Å²) in [5.41, 5.74) is 2.26. The fourth-order valence-corrected chi connectivity index (χ4v) is 3.20. The van der Waals surface area contributed by atoms with Gasteiger partial charge < -0.3 is 29.3 Å². The molecule has 7 nitrogen and oxygen atoms in total. The van der Waals surface area contributed by atoms with Gasteiger partial charge in [0, 0.05) is 19.5 Å². The molecule has 0 aliphatic carbocycles. The SMILES string of the molecule is COc1ccc(CN=C(NCCc2ccc(OC)c(OC)c2)NCCc2ccco2)cc1.I. The maximum Gasteiger partial charge on any atom is 0.191 e. The first kappa shape index (κ1) is 26.4. The Labute approximate surface area is 212 Å². The molecule has 3 rings (SSSR count). The van der Waals surface area contributed by atoms with Crippen LogP contribution in [0.25, 0.3) is 0 Å². The van der Waals surface area contributed by atoms with Crippen LogP contribution < -0.4 is 24.8 Å². The smallest absolute Gasteiger partial charge is 0.191 e. The number of ether oxygens (including phenoxy) is 3. The van der Waals surface area contributed by atoms with Crippen LogP contribution in [0.5, 0.6) is 17.2 Å². The van der Waals surface area contributed by atoms with E-state index in [4.69, 9.17) is 23.6 Å². The Morgan fingerprint density at radius 2 is 1.52 bits per heavy atom. The minimum absolute atomic E-state index is 0. The van der Waals surface area contributed by atoms with Crippen molar-refractivity contribution in [1.29, 1.82) is 0 Å². The molecule has 2 aromatic carbocycles. The minimum atomic E-state index is 0. The topological polar surface area (TPSA) is 77.2 Å². The molecule has 2 N–H and O–H groups in total. The fraction of sp³-hybridized carbons (Fsp3) is 0.320. The first-order chi connectivity index (χ1) is 15.7. The van der Waals surface area contributed by atoms with Gasteiger partial charge in [0.25, 0.3) is 0 Å². The standard InChI is InChI=1S/C25H31N3O4.HI/c1-29-21-9-6-20(7-10-21)18-28-25(27-15-13-22-5-4-16-32-22)26-14-12-19-8-11-23(30-2)24(17-19)31-3;/h4-11,16-17H,12-15,18H2,1-3H3,(H2,26,27,28);1H. The highest BCUT2D eigenvalue weighted by molar-refractivity contribution is 14.0. The number of nitrogens with one attached hydrogen (secondary N) is 2. The maximum atomic E-state index is 5.41. The molecule has 3 aromatic rings. The van der Waals surface area contributed by atoms with Crippen molar-refractivity contribution in [3.05, 3.63) is 77.7 Å². The molecular weight excluding hydrogens is 533 g/mol. The molecule has 0 aliphatic rings. The van der Waals surface area contributed by atoms with Crippen molar-refractivity contribution >= 4 is 29.9 Å². The number of guanidine groups is 1. The fourth-order valence-electron chi connectivity index (χ4n) is 3.20. The molecule has 0 bridgehead atoms. The number of halogens is 1. The van der Waals surface area contributed by atoms with E-state index >= 15 is 0 Å². The highest BCUT2D eigenvalue weighted by atomic mass is 127. The van der Waals surface area contributed by atoms with Crippen LogP contribution in [-0.2, 0) is 19.4 Å². The molecule has 33 heavy (non-hydrogen) atoms.